The molecule has 9 heavy (non-hydrogen) atoms. The summed E-state index contributed by atoms with van der Waals surface area (Å²) in [6.45, 7) is 1.89. The first-order chi connectivity index (χ1) is 4.24. The highest BCUT2D eigenvalue weighted by Crippen LogP contribution is 1.94. The number of aldehydes is 1. The van der Waals surface area contributed by atoms with E-state index in [0.717, 1.165) is 28.6 Å². The number of hydrogen-bond acceptors (Lipinski definition) is 2. The summed E-state index contributed by atoms with van der Waals surface area (Å²) in [5, 5.41) is 0. The molecule has 0 saturated heterocycles. The second-order valence-electron chi connectivity index (χ2n) is 1.94. The zero-order valence-corrected chi connectivity index (χ0v) is 7.46. The molecule has 1 heterocycles. The normalized spacial score (nSPS) is 9.44. The van der Waals surface area contributed by atoms with Gasteiger partial charge in [0.25, 0.3) is 0 Å². The predicted octanol–water partition coefficient (Wildman–Crippen LogP) is -0.600. The Labute approximate surface area is 61.3 Å². The third-order valence-corrected chi connectivity index (χ3v) is 2.15. The molecule has 0 aliphatic rings. The Hall–Kier alpha value is -0.588. The van der Waals surface area contributed by atoms with Gasteiger partial charge in [0.05, 0.1) is 5.82 Å². The average molecular weight is 138 g/mol. The lowest BCUT2D eigenvalue weighted by Gasteiger charge is -1.88. The summed E-state index contributed by atoms with van der Waals surface area (Å²) in [5.74, 6) is 0.920. The van der Waals surface area contributed by atoms with Crippen LogP contribution in [-0.2, 0) is 0 Å². The highest BCUT2D eigenvalue weighted by molar-refractivity contribution is 6.07. The summed E-state index contributed by atoms with van der Waals surface area (Å²) in [4.78, 5) is 14.1. The Morgan fingerprint density at radius 2 is 2.56 bits per heavy atom. The highest BCUT2D eigenvalue weighted by atomic mass is 27.1. The summed E-state index contributed by atoms with van der Waals surface area (Å²) < 4.78 is 1.95. The molecule has 0 aliphatic heterocycles. The fourth-order valence-electron chi connectivity index (χ4n) is 0.643. The van der Waals surface area contributed by atoms with Crippen LogP contribution >= 0.6 is 0 Å². The van der Waals surface area contributed by atoms with Crippen LogP contribution in [0.15, 0.2) is 6.20 Å². The number of carbonyl (C=O) groups is 1. The van der Waals surface area contributed by atoms with Crippen molar-refractivity contribution in [3.05, 3.63) is 17.7 Å². The molecule has 1 aromatic rings. The van der Waals surface area contributed by atoms with Gasteiger partial charge in [-0.1, -0.05) is 0 Å². The van der Waals surface area contributed by atoms with Crippen LogP contribution in [0, 0.1) is 6.92 Å². The monoisotopic (exact) mass is 138 g/mol. The van der Waals surface area contributed by atoms with E-state index in [2.05, 4.69) is 4.98 Å². The molecule has 0 atom stereocenters. The Morgan fingerprint density at radius 3 is 2.78 bits per heavy atom. The molecule has 1 aromatic heterocycles. The zero-order chi connectivity index (χ0) is 6.85. The molecule has 0 spiro atoms. The minimum Gasteiger partial charge on any atom is -0.434 e. The van der Waals surface area contributed by atoms with Gasteiger partial charge in [-0.15, -0.1) is 0 Å². The van der Waals surface area contributed by atoms with Crippen molar-refractivity contribution in [3.63, 3.8) is 0 Å². The zero-order valence-electron chi connectivity index (χ0n) is 5.46. The number of aryl methyl sites for hydroxylation is 1. The first kappa shape index (κ1) is 6.53. The van der Waals surface area contributed by atoms with Crippen molar-refractivity contribution in [1.82, 2.24) is 8.53 Å². The number of aromatic nitrogens is 2. The maximum Gasteiger partial charge on any atom is 0.371 e. The highest BCUT2D eigenvalue weighted by Gasteiger charge is 1.95. The number of hydrogen-bond donors (Lipinski definition) is 0. The Kier molecular flexibility index (Phi) is 1.70. The lowest BCUT2D eigenvalue weighted by Crippen LogP contribution is -1.90. The molecule has 0 unspecified atom stereocenters. The molecular formula is C5H7AlN2O. The Bertz CT molecular complexity index is 211. The van der Waals surface area contributed by atoms with Crippen molar-refractivity contribution in [3.8, 4) is 0 Å². The SMILES string of the molecule is Cc1nc(C=O)c[n]1[AlH2]. The van der Waals surface area contributed by atoms with Gasteiger partial charge < -0.3 is 3.55 Å². The fourth-order valence-corrected chi connectivity index (χ4v) is 1.01. The van der Waals surface area contributed by atoms with E-state index in [1.54, 1.807) is 6.20 Å². The number of rotatable bonds is 1. The van der Waals surface area contributed by atoms with Crippen LogP contribution in [0.1, 0.15) is 16.3 Å². The van der Waals surface area contributed by atoms with Gasteiger partial charge in [-0.3, -0.25) is 4.79 Å². The van der Waals surface area contributed by atoms with Gasteiger partial charge in [0.15, 0.2) is 6.29 Å². The summed E-state index contributed by atoms with van der Waals surface area (Å²) in [5.41, 5.74) is 0.530. The molecule has 0 aromatic carbocycles. The number of carbonyl (C=O) groups excluding carboxylic acids is 1. The van der Waals surface area contributed by atoms with Gasteiger partial charge in [0, 0.05) is 6.20 Å². The van der Waals surface area contributed by atoms with Gasteiger partial charge in [-0.25, -0.2) is 4.98 Å². The first-order valence-electron chi connectivity index (χ1n) is 2.69. The van der Waals surface area contributed by atoms with E-state index in [4.69, 9.17) is 0 Å². The maximum absolute atomic E-state index is 10.1. The first-order valence-corrected chi connectivity index (χ1v) is 3.58. The molecule has 0 N–H and O–H groups in total. The van der Waals surface area contributed by atoms with Crippen LogP contribution in [0.2, 0.25) is 0 Å². The van der Waals surface area contributed by atoms with E-state index in [0.29, 0.717) is 5.69 Å². The smallest absolute Gasteiger partial charge is 0.371 e. The molecule has 0 radical (unpaired) electrons. The minimum atomic E-state index is 0.530. The second kappa shape index (κ2) is 2.34. The molecule has 0 aliphatic carbocycles. The molecule has 4 heteroatoms. The van der Waals surface area contributed by atoms with E-state index < -0.39 is 0 Å². The molecule has 0 saturated carbocycles. The quantitative estimate of drug-likeness (QED) is 0.383. The molecule has 3 nitrogen and oxygen atoms in total. The van der Waals surface area contributed by atoms with E-state index in [9.17, 15) is 4.79 Å². The molecule has 1 rings (SSSR count). The average Bonchev–Trinajstić information content (AvgIpc) is 2.13. The standard InChI is InChI=1S/C5H6N2O.Al.2H/c1-4-6-2-5(3-8)7-4;;;/h2-3H,1H3,(H,6,7,8);;;/q;+1;;/p-1. The van der Waals surface area contributed by atoms with Crippen LogP contribution in [0.25, 0.3) is 0 Å². The number of nitrogens with zero attached hydrogens (tertiary/aromatic N) is 2. The van der Waals surface area contributed by atoms with E-state index >= 15 is 0 Å². The fraction of sp³-hybridized carbons (Fsp3) is 0.200. The molecule has 0 amide bonds. The molecule has 0 fully saturated rings. The van der Waals surface area contributed by atoms with Gasteiger partial charge in [-0.05, 0) is 6.92 Å². The summed E-state index contributed by atoms with van der Waals surface area (Å²) in [7, 11) is 0. The molecule has 46 valence electrons. The largest absolute Gasteiger partial charge is 0.434 e. The lowest BCUT2D eigenvalue weighted by molar-refractivity contribution is 0.111. The van der Waals surface area contributed by atoms with Crippen molar-refractivity contribution >= 4 is 22.8 Å². The van der Waals surface area contributed by atoms with E-state index in [1.807, 2.05) is 10.5 Å². The van der Waals surface area contributed by atoms with Crippen LogP contribution < -0.4 is 0 Å². The maximum atomic E-state index is 10.1. The van der Waals surface area contributed by atoms with Crippen LogP contribution in [0.3, 0.4) is 0 Å². The lowest BCUT2D eigenvalue weighted by atomic mass is 10.6. The van der Waals surface area contributed by atoms with Crippen molar-refractivity contribution < 1.29 is 4.79 Å². The predicted molar refractivity (Wildman–Crippen MR) is 36.3 cm³/mol. The second-order valence-corrected chi connectivity index (χ2v) is 2.91. The third-order valence-electron chi connectivity index (χ3n) is 1.25. The van der Waals surface area contributed by atoms with Crippen LogP contribution in [0.4, 0.5) is 0 Å². The molecular weight excluding hydrogens is 131 g/mol. The Balaban J connectivity index is 3.11. The van der Waals surface area contributed by atoms with Gasteiger partial charge >= 0.3 is 16.5 Å². The van der Waals surface area contributed by atoms with Crippen molar-refractivity contribution in [2.45, 2.75) is 6.92 Å². The molecule has 0 bridgehead atoms. The Morgan fingerprint density at radius 1 is 1.89 bits per heavy atom. The van der Waals surface area contributed by atoms with E-state index in [1.165, 1.54) is 0 Å². The van der Waals surface area contributed by atoms with Crippen LogP contribution in [0.5, 0.6) is 0 Å². The van der Waals surface area contributed by atoms with Gasteiger partial charge in [0.1, 0.15) is 5.69 Å². The summed E-state index contributed by atoms with van der Waals surface area (Å²) in [6, 6.07) is 0. The van der Waals surface area contributed by atoms with Crippen molar-refractivity contribution in [1.29, 1.82) is 0 Å². The van der Waals surface area contributed by atoms with Crippen molar-refractivity contribution in [2.24, 2.45) is 0 Å². The van der Waals surface area contributed by atoms with Gasteiger partial charge in [-0.2, -0.15) is 0 Å². The topological polar surface area (TPSA) is 34.9 Å². The van der Waals surface area contributed by atoms with Crippen LogP contribution in [-0.4, -0.2) is 31.3 Å². The summed E-state index contributed by atoms with van der Waals surface area (Å²) >= 11 is 0.897. The summed E-state index contributed by atoms with van der Waals surface area (Å²) in [6.07, 6.45) is 2.52. The number of imidazole rings is 1. The van der Waals surface area contributed by atoms with Gasteiger partial charge in [0.2, 0.25) is 0 Å². The van der Waals surface area contributed by atoms with Crippen molar-refractivity contribution in [2.75, 3.05) is 0 Å². The third kappa shape index (κ3) is 1.21. The van der Waals surface area contributed by atoms with E-state index in [-0.39, 0.29) is 0 Å². The minimum absolute atomic E-state index is 0.530.